The van der Waals surface area contributed by atoms with E-state index in [4.69, 9.17) is 0 Å². The maximum Gasteiger partial charge on any atom is 0.233 e. The molecule has 0 aromatic carbocycles. The van der Waals surface area contributed by atoms with Crippen LogP contribution in [-0.2, 0) is 4.79 Å². The summed E-state index contributed by atoms with van der Waals surface area (Å²) in [6.07, 6.45) is 7.74. The average molecular weight is 196 g/mol. The van der Waals surface area contributed by atoms with Crippen molar-refractivity contribution in [3.8, 4) is 0 Å². The van der Waals surface area contributed by atoms with Crippen LogP contribution in [0.3, 0.4) is 0 Å². The third-order valence-corrected chi connectivity index (χ3v) is 3.19. The van der Waals surface area contributed by atoms with E-state index < -0.39 is 0 Å². The van der Waals surface area contributed by atoms with Gasteiger partial charge in [0.05, 0.1) is 6.54 Å². The molecule has 0 aliphatic heterocycles. The lowest BCUT2D eigenvalue weighted by molar-refractivity contribution is -0.120. The van der Waals surface area contributed by atoms with Crippen LogP contribution >= 0.6 is 0 Å². The van der Waals surface area contributed by atoms with Gasteiger partial charge in [-0.3, -0.25) is 4.79 Å². The minimum atomic E-state index is 0.170. The molecule has 0 bridgehead atoms. The molecule has 0 aromatic heterocycles. The average Bonchev–Trinajstić information content (AvgIpc) is 2.87. The molecule has 0 aromatic rings. The number of hydrogen-bond donors (Lipinski definition) is 2. The Bertz CT molecular complexity index is 195. The Morgan fingerprint density at radius 2 is 1.86 bits per heavy atom. The molecule has 0 heterocycles. The Morgan fingerprint density at radius 1 is 1.14 bits per heavy atom. The Hall–Kier alpha value is -0.570. The van der Waals surface area contributed by atoms with Crippen LogP contribution in [0, 0.1) is 5.92 Å². The fourth-order valence-electron chi connectivity index (χ4n) is 2.01. The Morgan fingerprint density at radius 3 is 2.50 bits per heavy atom. The first kappa shape index (κ1) is 9.97. The van der Waals surface area contributed by atoms with Crippen molar-refractivity contribution in [3.05, 3.63) is 0 Å². The summed E-state index contributed by atoms with van der Waals surface area (Å²) in [5.74, 6) is 0.953. The van der Waals surface area contributed by atoms with E-state index in [0.29, 0.717) is 12.6 Å². The van der Waals surface area contributed by atoms with Gasteiger partial charge in [-0.1, -0.05) is 12.8 Å². The fourth-order valence-corrected chi connectivity index (χ4v) is 2.01. The lowest BCUT2D eigenvalue weighted by Gasteiger charge is -2.11. The number of rotatable bonds is 5. The second kappa shape index (κ2) is 4.78. The molecule has 3 nitrogen and oxygen atoms in total. The first-order valence-corrected chi connectivity index (χ1v) is 5.84. The van der Waals surface area contributed by atoms with Gasteiger partial charge < -0.3 is 10.6 Å². The van der Waals surface area contributed by atoms with Gasteiger partial charge in [0.15, 0.2) is 0 Å². The van der Waals surface area contributed by atoms with Crippen molar-refractivity contribution < 1.29 is 4.79 Å². The Kier molecular flexibility index (Phi) is 3.40. The van der Waals surface area contributed by atoms with Crippen LogP contribution in [0.2, 0.25) is 0 Å². The molecule has 14 heavy (non-hydrogen) atoms. The van der Waals surface area contributed by atoms with Crippen LogP contribution < -0.4 is 10.6 Å². The third-order valence-electron chi connectivity index (χ3n) is 3.19. The standard InChI is InChI=1S/C11H20N2O/c14-11(13-7-9-5-6-9)8-12-10-3-1-2-4-10/h9-10,12H,1-8H2,(H,13,14). The van der Waals surface area contributed by atoms with Crippen molar-refractivity contribution in [2.45, 2.75) is 44.6 Å². The molecule has 80 valence electrons. The normalized spacial score (nSPS) is 22.6. The SMILES string of the molecule is O=C(CNC1CCCC1)NCC1CC1. The Labute approximate surface area is 85.6 Å². The van der Waals surface area contributed by atoms with Crippen LogP contribution in [0.15, 0.2) is 0 Å². The van der Waals surface area contributed by atoms with Crippen LogP contribution in [0.25, 0.3) is 0 Å². The zero-order valence-electron chi connectivity index (χ0n) is 8.72. The van der Waals surface area contributed by atoms with Gasteiger partial charge >= 0.3 is 0 Å². The summed E-state index contributed by atoms with van der Waals surface area (Å²) in [6, 6.07) is 0.599. The molecule has 2 N–H and O–H groups in total. The highest BCUT2D eigenvalue weighted by atomic mass is 16.1. The van der Waals surface area contributed by atoms with Crippen molar-refractivity contribution in [1.82, 2.24) is 10.6 Å². The summed E-state index contributed by atoms with van der Waals surface area (Å²) in [6.45, 7) is 1.41. The zero-order chi connectivity index (χ0) is 9.80. The minimum Gasteiger partial charge on any atom is -0.355 e. The van der Waals surface area contributed by atoms with E-state index >= 15 is 0 Å². The van der Waals surface area contributed by atoms with Gasteiger partial charge in [0, 0.05) is 12.6 Å². The first-order chi connectivity index (χ1) is 6.84. The largest absolute Gasteiger partial charge is 0.355 e. The number of amides is 1. The van der Waals surface area contributed by atoms with Gasteiger partial charge in [-0.05, 0) is 31.6 Å². The predicted octanol–water partition coefficient (Wildman–Crippen LogP) is 1.04. The predicted molar refractivity (Wildman–Crippen MR) is 56.0 cm³/mol. The first-order valence-electron chi connectivity index (χ1n) is 5.84. The lowest BCUT2D eigenvalue weighted by atomic mass is 10.2. The fraction of sp³-hybridized carbons (Fsp3) is 0.909. The van der Waals surface area contributed by atoms with Gasteiger partial charge in [0.2, 0.25) is 5.91 Å². The molecule has 3 heteroatoms. The van der Waals surface area contributed by atoms with E-state index in [1.165, 1.54) is 38.5 Å². The highest BCUT2D eigenvalue weighted by molar-refractivity contribution is 5.78. The highest BCUT2D eigenvalue weighted by Gasteiger charge is 2.21. The van der Waals surface area contributed by atoms with Crippen LogP contribution in [-0.4, -0.2) is 25.0 Å². The van der Waals surface area contributed by atoms with E-state index in [1.54, 1.807) is 0 Å². The summed E-state index contributed by atoms with van der Waals surface area (Å²) in [5.41, 5.74) is 0. The van der Waals surface area contributed by atoms with Gasteiger partial charge in [0.25, 0.3) is 0 Å². The molecule has 0 spiro atoms. The van der Waals surface area contributed by atoms with Crippen LogP contribution in [0.4, 0.5) is 0 Å². The van der Waals surface area contributed by atoms with Crippen molar-refractivity contribution in [1.29, 1.82) is 0 Å². The molecule has 2 rings (SSSR count). The summed E-state index contributed by atoms with van der Waals surface area (Å²) in [4.78, 5) is 11.4. The van der Waals surface area contributed by atoms with E-state index in [2.05, 4.69) is 10.6 Å². The molecule has 0 atom stereocenters. The number of carbonyl (C=O) groups excluding carboxylic acids is 1. The molecule has 0 unspecified atom stereocenters. The van der Waals surface area contributed by atoms with E-state index in [9.17, 15) is 4.79 Å². The van der Waals surface area contributed by atoms with Crippen molar-refractivity contribution in [2.75, 3.05) is 13.1 Å². The lowest BCUT2D eigenvalue weighted by Crippen LogP contribution is -2.38. The maximum atomic E-state index is 11.4. The monoisotopic (exact) mass is 196 g/mol. The molecule has 0 radical (unpaired) electrons. The van der Waals surface area contributed by atoms with Crippen molar-refractivity contribution >= 4 is 5.91 Å². The second-order valence-electron chi connectivity index (χ2n) is 4.61. The molecule has 2 saturated carbocycles. The van der Waals surface area contributed by atoms with Gasteiger partial charge in [-0.25, -0.2) is 0 Å². The quantitative estimate of drug-likeness (QED) is 0.690. The third kappa shape index (κ3) is 3.29. The summed E-state index contributed by atoms with van der Waals surface area (Å²) in [5, 5.41) is 6.28. The second-order valence-corrected chi connectivity index (χ2v) is 4.61. The number of carbonyl (C=O) groups is 1. The molecular weight excluding hydrogens is 176 g/mol. The minimum absolute atomic E-state index is 0.170. The zero-order valence-corrected chi connectivity index (χ0v) is 8.72. The molecular formula is C11H20N2O. The van der Waals surface area contributed by atoms with Crippen LogP contribution in [0.5, 0.6) is 0 Å². The van der Waals surface area contributed by atoms with Gasteiger partial charge in [-0.15, -0.1) is 0 Å². The number of hydrogen-bond acceptors (Lipinski definition) is 2. The topological polar surface area (TPSA) is 41.1 Å². The summed E-state index contributed by atoms with van der Waals surface area (Å²) >= 11 is 0. The van der Waals surface area contributed by atoms with Crippen molar-refractivity contribution in [2.24, 2.45) is 5.92 Å². The van der Waals surface area contributed by atoms with Gasteiger partial charge in [0.1, 0.15) is 0 Å². The summed E-state index contributed by atoms with van der Waals surface area (Å²) < 4.78 is 0. The molecule has 2 fully saturated rings. The highest BCUT2D eigenvalue weighted by Crippen LogP contribution is 2.27. The van der Waals surface area contributed by atoms with E-state index in [0.717, 1.165) is 12.5 Å². The molecule has 0 saturated heterocycles. The molecule has 2 aliphatic rings. The van der Waals surface area contributed by atoms with E-state index in [-0.39, 0.29) is 5.91 Å². The summed E-state index contributed by atoms with van der Waals surface area (Å²) in [7, 11) is 0. The van der Waals surface area contributed by atoms with Crippen molar-refractivity contribution in [3.63, 3.8) is 0 Å². The molecule has 2 aliphatic carbocycles. The maximum absolute atomic E-state index is 11.4. The number of nitrogens with one attached hydrogen (secondary N) is 2. The Balaban J connectivity index is 1.52. The van der Waals surface area contributed by atoms with E-state index in [1.807, 2.05) is 0 Å². The smallest absolute Gasteiger partial charge is 0.233 e. The van der Waals surface area contributed by atoms with Gasteiger partial charge in [-0.2, -0.15) is 0 Å². The molecule has 1 amide bonds. The van der Waals surface area contributed by atoms with Crippen LogP contribution in [0.1, 0.15) is 38.5 Å².